The zero-order chi connectivity index (χ0) is 32.1. The molecule has 46 heavy (non-hydrogen) atoms. The second-order valence-electron chi connectivity index (χ2n) is 11.6. The number of carbonyl (C=O) groups is 3. The highest BCUT2D eigenvalue weighted by atomic mass is 16.7. The lowest BCUT2D eigenvalue weighted by atomic mass is 9.65. The summed E-state index contributed by atoms with van der Waals surface area (Å²) in [6.07, 6.45) is 0. The van der Waals surface area contributed by atoms with Gasteiger partial charge in [-0.3, -0.25) is 14.4 Å². The molecule has 10 heteroatoms. The van der Waals surface area contributed by atoms with Crippen molar-refractivity contribution in [3.05, 3.63) is 112 Å². The number of aryl methyl sites for hydroxylation is 1. The fourth-order valence-electron chi connectivity index (χ4n) is 6.71. The van der Waals surface area contributed by atoms with Gasteiger partial charge in [0.05, 0.1) is 32.8 Å². The highest BCUT2D eigenvalue weighted by Crippen LogP contribution is 2.55. The first-order chi connectivity index (χ1) is 22.3. The molecule has 0 spiro atoms. The van der Waals surface area contributed by atoms with Gasteiger partial charge in [0, 0.05) is 28.5 Å². The quantitative estimate of drug-likeness (QED) is 0.214. The maximum atomic E-state index is 13.7. The number of cyclic esters (lactones) is 1. The Hall–Kier alpha value is -5.51. The molecule has 1 fully saturated rings. The van der Waals surface area contributed by atoms with Gasteiger partial charge in [-0.15, -0.1) is 0 Å². The molecule has 1 amide bonds. The number of hydrogen-bond acceptors (Lipinski definition) is 9. The first kappa shape index (κ1) is 29.2. The van der Waals surface area contributed by atoms with E-state index in [-0.39, 0.29) is 42.3 Å². The van der Waals surface area contributed by atoms with Crippen molar-refractivity contribution >= 4 is 17.7 Å². The number of ketones is 1. The summed E-state index contributed by atoms with van der Waals surface area (Å²) in [5, 5.41) is 13.7. The van der Waals surface area contributed by atoms with E-state index in [1.165, 1.54) is 14.2 Å². The Morgan fingerprint density at radius 2 is 1.37 bits per heavy atom. The van der Waals surface area contributed by atoms with Crippen molar-refractivity contribution in [1.82, 2.24) is 5.32 Å². The van der Waals surface area contributed by atoms with E-state index in [1.54, 1.807) is 48.5 Å². The minimum atomic E-state index is -0.674. The van der Waals surface area contributed by atoms with Gasteiger partial charge in [0.25, 0.3) is 5.91 Å². The van der Waals surface area contributed by atoms with E-state index in [4.69, 9.17) is 23.7 Å². The first-order valence-electron chi connectivity index (χ1n) is 14.8. The summed E-state index contributed by atoms with van der Waals surface area (Å²) in [7, 11) is 2.88. The molecular weight excluding hydrogens is 590 g/mol. The third-order valence-electron chi connectivity index (χ3n) is 9.06. The number of phenols is 1. The summed E-state index contributed by atoms with van der Waals surface area (Å²) in [6, 6.07) is 20.3. The van der Waals surface area contributed by atoms with Crippen molar-refractivity contribution in [2.45, 2.75) is 18.9 Å². The Morgan fingerprint density at radius 3 is 1.98 bits per heavy atom. The average molecular weight is 622 g/mol. The van der Waals surface area contributed by atoms with E-state index in [0.717, 1.165) is 16.7 Å². The summed E-state index contributed by atoms with van der Waals surface area (Å²) in [5.74, 6) is -1.26. The maximum absolute atomic E-state index is 13.7. The topological polar surface area (TPSA) is 130 Å². The summed E-state index contributed by atoms with van der Waals surface area (Å²) in [5.41, 5.74) is 4.60. The first-order valence-corrected chi connectivity index (χ1v) is 14.8. The van der Waals surface area contributed by atoms with Crippen LogP contribution in [0, 0.1) is 18.8 Å². The molecular formula is C36H31NO9. The van der Waals surface area contributed by atoms with Crippen LogP contribution >= 0.6 is 0 Å². The molecule has 4 atom stereocenters. The molecule has 7 rings (SSSR count). The van der Waals surface area contributed by atoms with Crippen LogP contribution in [0.3, 0.4) is 0 Å². The number of aromatic hydroxyl groups is 1. The highest BCUT2D eigenvalue weighted by Gasteiger charge is 2.53. The third kappa shape index (κ3) is 4.86. The van der Waals surface area contributed by atoms with Gasteiger partial charge in [-0.05, 0) is 60.0 Å². The lowest BCUT2D eigenvalue weighted by Crippen LogP contribution is -2.42. The van der Waals surface area contributed by atoms with Gasteiger partial charge in [-0.2, -0.15) is 0 Å². The van der Waals surface area contributed by atoms with E-state index in [0.29, 0.717) is 33.8 Å². The van der Waals surface area contributed by atoms with Gasteiger partial charge in [0.1, 0.15) is 0 Å². The largest absolute Gasteiger partial charge is 0.502 e. The summed E-state index contributed by atoms with van der Waals surface area (Å²) >= 11 is 0. The molecule has 3 aliphatic rings. The number of amides is 1. The number of carbonyl (C=O) groups excluding carboxylic acids is 3. The number of phenolic OH excluding ortho intramolecular Hbond substituents is 1. The molecule has 0 saturated carbocycles. The van der Waals surface area contributed by atoms with Crippen molar-refractivity contribution in [3.63, 3.8) is 0 Å². The number of benzene rings is 4. The van der Waals surface area contributed by atoms with Crippen molar-refractivity contribution in [1.29, 1.82) is 0 Å². The average Bonchev–Trinajstić information content (AvgIpc) is 3.70. The van der Waals surface area contributed by atoms with Crippen LogP contribution in [-0.2, 0) is 9.53 Å². The number of ether oxygens (including phenoxy) is 5. The van der Waals surface area contributed by atoms with E-state index in [2.05, 4.69) is 5.32 Å². The zero-order valence-electron chi connectivity index (χ0n) is 25.4. The van der Waals surface area contributed by atoms with E-state index >= 15 is 0 Å². The molecule has 1 aliphatic carbocycles. The summed E-state index contributed by atoms with van der Waals surface area (Å²) < 4.78 is 27.9. The number of hydrogen-bond donors (Lipinski definition) is 2. The van der Waals surface area contributed by atoms with Crippen LogP contribution in [0.25, 0.3) is 0 Å². The van der Waals surface area contributed by atoms with Crippen molar-refractivity contribution in [2.24, 2.45) is 11.8 Å². The second-order valence-corrected chi connectivity index (χ2v) is 11.6. The number of methoxy groups -OCH3 is 2. The number of nitrogens with one attached hydrogen (secondary N) is 1. The zero-order valence-corrected chi connectivity index (χ0v) is 25.4. The number of rotatable bonds is 7. The molecule has 0 bridgehead atoms. The van der Waals surface area contributed by atoms with Gasteiger partial charge in [-0.1, -0.05) is 42.0 Å². The van der Waals surface area contributed by atoms with E-state index in [9.17, 15) is 19.5 Å². The molecule has 0 radical (unpaired) electrons. The van der Waals surface area contributed by atoms with Crippen LogP contribution in [0.15, 0.2) is 72.8 Å². The predicted octanol–water partition coefficient (Wildman–Crippen LogP) is 5.08. The Morgan fingerprint density at radius 1 is 0.804 bits per heavy atom. The SMILES string of the molecule is COc1cc([C@H]2c3cc4c(cc3[C@H](NC(=O)c3ccc(C(=O)c5ccc(C)cc5)cc3)[C@H]3COC(=O)[C@H]23)OCO4)cc(OC)c1O. The van der Waals surface area contributed by atoms with E-state index < -0.39 is 29.8 Å². The monoisotopic (exact) mass is 621 g/mol. The van der Waals surface area contributed by atoms with Gasteiger partial charge in [-0.25, -0.2) is 0 Å². The number of fused-ring (bicyclic) bond motifs is 3. The van der Waals surface area contributed by atoms with Crippen LogP contribution < -0.4 is 24.3 Å². The van der Waals surface area contributed by atoms with Gasteiger partial charge in [0.15, 0.2) is 28.8 Å². The second kappa shape index (κ2) is 11.4. The molecule has 4 aromatic carbocycles. The summed E-state index contributed by atoms with van der Waals surface area (Å²) in [6.45, 7) is 2.09. The Kier molecular flexibility index (Phi) is 7.27. The predicted molar refractivity (Wildman–Crippen MR) is 165 cm³/mol. The van der Waals surface area contributed by atoms with Gasteiger partial charge < -0.3 is 34.1 Å². The lowest BCUT2D eigenvalue weighted by Gasteiger charge is -2.39. The van der Waals surface area contributed by atoms with Crippen LogP contribution in [0.5, 0.6) is 28.7 Å². The molecule has 10 nitrogen and oxygen atoms in total. The van der Waals surface area contributed by atoms with Crippen LogP contribution in [0.1, 0.15) is 60.5 Å². The molecule has 234 valence electrons. The smallest absolute Gasteiger partial charge is 0.310 e. The fourth-order valence-corrected chi connectivity index (χ4v) is 6.71. The van der Waals surface area contributed by atoms with Crippen molar-refractivity contribution < 1.29 is 43.2 Å². The van der Waals surface area contributed by atoms with Crippen LogP contribution in [0.4, 0.5) is 0 Å². The van der Waals surface area contributed by atoms with Crippen molar-refractivity contribution in [3.8, 4) is 28.7 Å². The Balaban J connectivity index is 1.26. The lowest BCUT2D eigenvalue weighted by molar-refractivity contribution is -0.141. The van der Waals surface area contributed by atoms with E-state index in [1.807, 2.05) is 31.2 Å². The van der Waals surface area contributed by atoms with Gasteiger partial charge in [0.2, 0.25) is 12.5 Å². The van der Waals surface area contributed by atoms with Gasteiger partial charge >= 0.3 is 5.97 Å². The van der Waals surface area contributed by atoms with Crippen LogP contribution in [-0.4, -0.2) is 50.4 Å². The number of esters is 1. The molecule has 4 aromatic rings. The highest BCUT2D eigenvalue weighted by molar-refractivity contribution is 6.09. The maximum Gasteiger partial charge on any atom is 0.310 e. The van der Waals surface area contributed by atoms with Crippen molar-refractivity contribution in [2.75, 3.05) is 27.6 Å². The molecule has 2 aliphatic heterocycles. The summed E-state index contributed by atoms with van der Waals surface area (Å²) in [4.78, 5) is 40.1. The normalized spacial score (nSPS) is 20.7. The fraction of sp³-hybridized carbons (Fsp3) is 0.250. The minimum Gasteiger partial charge on any atom is -0.502 e. The molecule has 1 saturated heterocycles. The van der Waals surface area contributed by atoms with Crippen LogP contribution in [0.2, 0.25) is 0 Å². The molecule has 0 aromatic heterocycles. The molecule has 0 unspecified atom stereocenters. The molecule has 2 N–H and O–H groups in total. The molecule has 2 heterocycles. The standard InChI is InChI=1S/C36H31NO9/c1-18-4-6-19(7-5-18)33(38)20-8-10-21(11-9-20)35(40)37-32-24-15-27-26(45-17-46-27)14-23(24)30(31-25(32)16-44-36(31)41)22-12-28(42-2)34(39)29(13-22)43-3/h4-15,25,30-32,39H,16-17H2,1-3H3,(H,37,40)/t25-,30-,31-,32-/m0/s1. The minimum absolute atomic E-state index is 0.0450. The Labute approximate surface area is 264 Å². The third-order valence-corrected chi connectivity index (χ3v) is 9.06. The Bertz CT molecular complexity index is 1840.